The fourth-order valence-corrected chi connectivity index (χ4v) is 3.04. The van der Waals surface area contributed by atoms with E-state index in [1.54, 1.807) is 6.20 Å². The summed E-state index contributed by atoms with van der Waals surface area (Å²) < 4.78 is 0. The predicted octanol–water partition coefficient (Wildman–Crippen LogP) is 3.70. The van der Waals surface area contributed by atoms with E-state index in [1.165, 1.54) is 31.2 Å². The molecule has 4 heteroatoms. The van der Waals surface area contributed by atoms with Crippen molar-refractivity contribution in [1.29, 1.82) is 0 Å². The second kappa shape index (κ2) is 7.95. The lowest BCUT2D eigenvalue weighted by molar-refractivity contribution is 0.0950. The molecular formula is C20H25N3O. The van der Waals surface area contributed by atoms with Gasteiger partial charge in [-0.1, -0.05) is 42.7 Å². The first-order valence-electron chi connectivity index (χ1n) is 8.76. The molecule has 1 amide bonds. The number of carbonyl (C=O) groups excluding carboxylic acids is 1. The Labute approximate surface area is 143 Å². The van der Waals surface area contributed by atoms with Crippen LogP contribution in [0.25, 0.3) is 0 Å². The van der Waals surface area contributed by atoms with Crippen LogP contribution in [0.15, 0.2) is 42.7 Å². The average Bonchev–Trinajstić information content (AvgIpc) is 2.90. The van der Waals surface area contributed by atoms with Gasteiger partial charge in [0.25, 0.3) is 5.91 Å². The topological polar surface area (TPSA) is 45.2 Å². The van der Waals surface area contributed by atoms with Crippen molar-refractivity contribution in [2.75, 3.05) is 18.0 Å². The summed E-state index contributed by atoms with van der Waals surface area (Å²) in [5.74, 6) is -0.0697. The highest BCUT2D eigenvalue weighted by atomic mass is 16.1. The molecule has 0 saturated carbocycles. The standard InChI is InChI=1S/C20H25N3O/c1-16-6-8-17(9-7-16)13-22-20(24)18-12-19(15-21-14-18)23-10-4-2-3-5-11-23/h6-9,12,14-15H,2-5,10-11,13H2,1H3,(H,22,24). The van der Waals surface area contributed by atoms with Gasteiger partial charge in [0.1, 0.15) is 0 Å². The van der Waals surface area contributed by atoms with Crippen LogP contribution < -0.4 is 10.2 Å². The van der Waals surface area contributed by atoms with Crippen LogP contribution in [0, 0.1) is 6.92 Å². The number of pyridine rings is 1. The maximum atomic E-state index is 12.4. The lowest BCUT2D eigenvalue weighted by atomic mass is 10.1. The zero-order chi connectivity index (χ0) is 16.8. The van der Waals surface area contributed by atoms with E-state index in [2.05, 4.69) is 34.3 Å². The quantitative estimate of drug-likeness (QED) is 0.933. The SMILES string of the molecule is Cc1ccc(CNC(=O)c2cncc(N3CCCCCC3)c2)cc1. The number of anilines is 1. The molecule has 2 aromatic rings. The number of carbonyl (C=O) groups is 1. The minimum absolute atomic E-state index is 0.0697. The van der Waals surface area contributed by atoms with Gasteiger partial charge >= 0.3 is 0 Å². The summed E-state index contributed by atoms with van der Waals surface area (Å²) in [4.78, 5) is 19.0. The molecule has 1 aliphatic heterocycles. The van der Waals surface area contributed by atoms with Crippen molar-refractivity contribution in [2.24, 2.45) is 0 Å². The Morgan fingerprint density at radius 3 is 2.50 bits per heavy atom. The third kappa shape index (κ3) is 4.34. The van der Waals surface area contributed by atoms with Crippen molar-refractivity contribution < 1.29 is 4.79 Å². The average molecular weight is 323 g/mol. The molecule has 0 spiro atoms. The van der Waals surface area contributed by atoms with Crippen LogP contribution in [0.5, 0.6) is 0 Å². The summed E-state index contributed by atoms with van der Waals surface area (Å²) in [6, 6.07) is 10.2. The normalized spacial score (nSPS) is 15.0. The maximum Gasteiger partial charge on any atom is 0.253 e. The number of nitrogens with zero attached hydrogens (tertiary/aromatic N) is 2. The molecule has 0 bridgehead atoms. The van der Waals surface area contributed by atoms with Crippen LogP contribution in [0.1, 0.15) is 47.2 Å². The Bertz CT molecular complexity index is 674. The van der Waals surface area contributed by atoms with Gasteiger partial charge in [-0.15, -0.1) is 0 Å². The second-order valence-corrected chi connectivity index (χ2v) is 6.50. The molecule has 24 heavy (non-hydrogen) atoms. The largest absolute Gasteiger partial charge is 0.370 e. The minimum Gasteiger partial charge on any atom is -0.370 e. The summed E-state index contributed by atoms with van der Waals surface area (Å²) in [5, 5.41) is 2.98. The number of amides is 1. The van der Waals surface area contributed by atoms with E-state index < -0.39 is 0 Å². The number of aromatic nitrogens is 1. The van der Waals surface area contributed by atoms with E-state index in [-0.39, 0.29) is 5.91 Å². The van der Waals surface area contributed by atoms with Gasteiger partial charge in [0.2, 0.25) is 0 Å². The van der Waals surface area contributed by atoms with E-state index in [1.807, 2.05) is 24.4 Å². The van der Waals surface area contributed by atoms with Crippen LogP contribution in [0.3, 0.4) is 0 Å². The lowest BCUT2D eigenvalue weighted by Gasteiger charge is -2.22. The highest BCUT2D eigenvalue weighted by Gasteiger charge is 2.13. The smallest absolute Gasteiger partial charge is 0.253 e. The van der Waals surface area contributed by atoms with Gasteiger partial charge in [0.15, 0.2) is 0 Å². The molecule has 0 radical (unpaired) electrons. The Hall–Kier alpha value is -2.36. The maximum absolute atomic E-state index is 12.4. The van der Waals surface area contributed by atoms with Crippen molar-refractivity contribution in [2.45, 2.75) is 39.2 Å². The Morgan fingerprint density at radius 2 is 1.79 bits per heavy atom. The third-order valence-electron chi connectivity index (χ3n) is 4.53. The van der Waals surface area contributed by atoms with Crippen LogP contribution in [-0.4, -0.2) is 24.0 Å². The number of rotatable bonds is 4. The van der Waals surface area contributed by atoms with Gasteiger partial charge in [-0.25, -0.2) is 0 Å². The Morgan fingerprint density at radius 1 is 1.08 bits per heavy atom. The van der Waals surface area contributed by atoms with Crippen LogP contribution in [0.4, 0.5) is 5.69 Å². The fraction of sp³-hybridized carbons (Fsp3) is 0.400. The van der Waals surface area contributed by atoms with Crippen LogP contribution in [0.2, 0.25) is 0 Å². The number of nitrogens with one attached hydrogen (secondary N) is 1. The highest BCUT2D eigenvalue weighted by molar-refractivity contribution is 5.94. The third-order valence-corrected chi connectivity index (χ3v) is 4.53. The molecule has 126 valence electrons. The molecule has 1 N–H and O–H groups in total. The number of hydrogen-bond acceptors (Lipinski definition) is 3. The highest BCUT2D eigenvalue weighted by Crippen LogP contribution is 2.19. The van der Waals surface area contributed by atoms with Crippen LogP contribution in [-0.2, 0) is 6.54 Å². The first-order valence-corrected chi connectivity index (χ1v) is 8.76. The Balaban J connectivity index is 1.64. The van der Waals surface area contributed by atoms with Gasteiger partial charge in [-0.3, -0.25) is 9.78 Å². The molecule has 0 aliphatic carbocycles. The molecule has 1 aromatic carbocycles. The summed E-state index contributed by atoms with van der Waals surface area (Å²) in [5.41, 5.74) is 4.01. The number of aryl methyl sites for hydroxylation is 1. The lowest BCUT2D eigenvalue weighted by Crippen LogP contribution is -2.26. The summed E-state index contributed by atoms with van der Waals surface area (Å²) in [6.45, 7) is 4.70. The molecular weight excluding hydrogens is 298 g/mol. The minimum atomic E-state index is -0.0697. The van der Waals surface area contributed by atoms with E-state index in [9.17, 15) is 4.79 Å². The molecule has 4 nitrogen and oxygen atoms in total. The van der Waals surface area contributed by atoms with Crippen molar-refractivity contribution in [3.63, 3.8) is 0 Å². The van der Waals surface area contributed by atoms with Crippen molar-refractivity contribution >= 4 is 11.6 Å². The molecule has 2 heterocycles. The molecule has 1 aromatic heterocycles. The van der Waals surface area contributed by atoms with Gasteiger partial charge in [0, 0.05) is 25.8 Å². The van der Waals surface area contributed by atoms with Crippen molar-refractivity contribution in [3.05, 3.63) is 59.4 Å². The summed E-state index contributed by atoms with van der Waals surface area (Å²) in [6.07, 6.45) is 8.52. The van der Waals surface area contributed by atoms with Crippen LogP contribution >= 0.6 is 0 Å². The van der Waals surface area contributed by atoms with Gasteiger partial charge in [-0.2, -0.15) is 0 Å². The molecule has 3 rings (SSSR count). The molecule has 1 aliphatic rings. The zero-order valence-corrected chi connectivity index (χ0v) is 14.3. The number of benzene rings is 1. The van der Waals surface area contributed by atoms with E-state index >= 15 is 0 Å². The van der Waals surface area contributed by atoms with E-state index in [0.717, 1.165) is 24.3 Å². The van der Waals surface area contributed by atoms with E-state index in [4.69, 9.17) is 0 Å². The Kier molecular flexibility index (Phi) is 5.47. The molecule has 0 unspecified atom stereocenters. The summed E-state index contributed by atoms with van der Waals surface area (Å²) in [7, 11) is 0. The van der Waals surface area contributed by atoms with Crippen molar-refractivity contribution in [1.82, 2.24) is 10.3 Å². The first kappa shape index (κ1) is 16.5. The molecule has 0 atom stereocenters. The summed E-state index contributed by atoms with van der Waals surface area (Å²) >= 11 is 0. The number of hydrogen-bond donors (Lipinski definition) is 1. The van der Waals surface area contributed by atoms with Gasteiger partial charge in [0.05, 0.1) is 17.4 Å². The predicted molar refractivity (Wildman–Crippen MR) is 97.3 cm³/mol. The zero-order valence-electron chi connectivity index (χ0n) is 14.3. The monoisotopic (exact) mass is 323 g/mol. The van der Waals surface area contributed by atoms with Gasteiger partial charge < -0.3 is 10.2 Å². The van der Waals surface area contributed by atoms with Gasteiger partial charge in [-0.05, 0) is 31.4 Å². The van der Waals surface area contributed by atoms with E-state index in [0.29, 0.717) is 12.1 Å². The fourth-order valence-electron chi connectivity index (χ4n) is 3.04. The molecule has 1 fully saturated rings. The van der Waals surface area contributed by atoms with Crippen molar-refractivity contribution in [3.8, 4) is 0 Å². The molecule has 1 saturated heterocycles. The second-order valence-electron chi connectivity index (χ2n) is 6.50. The first-order chi connectivity index (χ1) is 11.7.